The zero-order valence-electron chi connectivity index (χ0n) is 16.4. The van der Waals surface area contributed by atoms with Gasteiger partial charge in [0.15, 0.2) is 0 Å². The van der Waals surface area contributed by atoms with Gasteiger partial charge < -0.3 is 9.88 Å². The molecule has 2 fully saturated rings. The first-order valence-electron chi connectivity index (χ1n) is 10.3. The number of hydrogen-bond acceptors (Lipinski definition) is 3. The summed E-state index contributed by atoms with van der Waals surface area (Å²) in [6, 6.07) is 7.35. The maximum absolute atomic E-state index is 12.8. The van der Waals surface area contributed by atoms with Crippen molar-refractivity contribution < 1.29 is 13.2 Å². The first kappa shape index (κ1) is 19.5. The molecule has 0 spiro atoms. The number of rotatable bonds is 5. The molecule has 4 rings (SSSR count). The van der Waals surface area contributed by atoms with Crippen molar-refractivity contribution in [1.82, 2.24) is 14.2 Å². The maximum atomic E-state index is 12.8. The number of hydrogen-bond donors (Lipinski definition) is 1. The Bertz CT molecular complexity index is 960. The van der Waals surface area contributed by atoms with E-state index in [9.17, 15) is 13.2 Å². The van der Waals surface area contributed by atoms with E-state index in [0.29, 0.717) is 23.9 Å². The average molecular weight is 404 g/mol. The average Bonchev–Trinajstić information content (AvgIpc) is 3.34. The van der Waals surface area contributed by atoms with E-state index in [2.05, 4.69) is 12.2 Å². The highest BCUT2D eigenvalue weighted by Gasteiger charge is 2.27. The number of nitrogens with zero attached hydrogens (tertiary/aromatic N) is 2. The van der Waals surface area contributed by atoms with Crippen LogP contribution in [0.15, 0.2) is 35.4 Å². The Labute approximate surface area is 166 Å². The Morgan fingerprint density at radius 1 is 1.11 bits per heavy atom. The second-order valence-corrected chi connectivity index (χ2v) is 10.1. The highest BCUT2D eigenvalue weighted by molar-refractivity contribution is 7.89. The van der Waals surface area contributed by atoms with Crippen LogP contribution in [0.4, 0.5) is 0 Å². The lowest BCUT2D eigenvalue weighted by Gasteiger charge is -2.29. The fourth-order valence-electron chi connectivity index (χ4n) is 4.49. The van der Waals surface area contributed by atoms with Crippen molar-refractivity contribution >= 4 is 26.8 Å². The zero-order chi connectivity index (χ0) is 19.7. The molecule has 2 aromatic rings. The summed E-state index contributed by atoms with van der Waals surface area (Å²) in [4.78, 5) is 12.9. The minimum atomic E-state index is -3.42. The summed E-state index contributed by atoms with van der Waals surface area (Å²) in [5, 5.41) is 4.03. The monoisotopic (exact) mass is 403 g/mol. The van der Waals surface area contributed by atoms with Crippen molar-refractivity contribution in [1.29, 1.82) is 0 Å². The highest BCUT2D eigenvalue weighted by atomic mass is 32.2. The van der Waals surface area contributed by atoms with Gasteiger partial charge in [-0.15, -0.1) is 0 Å². The van der Waals surface area contributed by atoms with E-state index >= 15 is 0 Å². The molecule has 1 aromatic heterocycles. The van der Waals surface area contributed by atoms with Crippen LogP contribution < -0.4 is 5.32 Å². The van der Waals surface area contributed by atoms with Gasteiger partial charge in [0.05, 0.1) is 4.90 Å². The molecule has 1 aromatic carbocycles. The van der Waals surface area contributed by atoms with Gasteiger partial charge in [-0.3, -0.25) is 4.79 Å². The molecule has 2 heterocycles. The maximum Gasteiger partial charge on any atom is 0.243 e. The number of carbonyl (C=O) groups excluding carboxylic acids is 1. The van der Waals surface area contributed by atoms with E-state index in [-0.39, 0.29) is 18.5 Å². The van der Waals surface area contributed by atoms with Crippen LogP contribution in [0.1, 0.15) is 45.4 Å². The Hall–Kier alpha value is -1.86. The Morgan fingerprint density at radius 3 is 2.61 bits per heavy atom. The summed E-state index contributed by atoms with van der Waals surface area (Å²) >= 11 is 0. The van der Waals surface area contributed by atoms with Gasteiger partial charge in [-0.25, -0.2) is 8.42 Å². The molecule has 152 valence electrons. The van der Waals surface area contributed by atoms with Crippen LogP contribution in [0.2, 0.25) is 0 Å². The molecule has 7 heteroatoms. The summed E-state index contributed by atoms with van der Waals surface area (Å²) in [6.07, 6.45) is 8.36. The molecule has 0 unspecified atom stereocenters. The van der Waals surface area contributed by atoms with Crippen LogP contribution in [0.5, 0.6) is 0 Å². The number of carbonyl (C=O) groups is 1. The van der Waals surface area contributed by atoms with Crippen LogP contribution in [-0.4, -0.2) is 42.3 Å². The molecule has 2 aliphatic rings. The fraction of sp³-hybridized carbons (Fsp3) is 0.571. The molecule has 6 nitrogen and oxygen atoms in total. The van der Waals surface area contributed by atoms with E-state index in [1.807, 2.05) is 22.9 Å². The fourth-order valence-corrected chi connectivity index (χ4v) is 6.04. The zero-order valence-corrected chi connectivity index (χ0v) is 17.2. The third kappa shape index (κ3) is 3.82. The molecular formula is C21H29N3O3S. The topological polar surface area (TPSA) is 71.4 Å². The van der Waals surface area contributed by atoms with Crippen molar-refractivity contribution in [3.63, 3.8) is 0 Å². The van der Waals surface area contributed by atoms with E-state index < -0.39 is 10.0 Å². The molecule has 28 heavy (non-hydrogen) atoms. The first-order chi connectivity index (χ1) is 13.4. The van der Waals surface area contributed by atoms with Gasteiger partial charge in [-0.1, -0.05) is 19.8 Å². The summed E-state index contributed by atoms with van der Waals surface area (Å²) in [6.45, 7) is 3.66. The first-order valence-corrected chi connectivity index (χ1v) is 11.8. The van der Waals surface area contributed by atoms with E-state index in [4.69, 9.17) is 0 Å². The molecule has 2 atom stereocenters. The molecule has 1 saturated heterocycles. The molecule has 0 bridgehead atoms. The third-order valence-electron chi connectivity index (χ3n) is 6.22. The summed E-state index contributed by atoms with van der Waals surface area (Å²) in [5.74, 6) is 0.544. The predicted octanol–water partition coefficient (Wildman–Crippen LogP) is 3.12. The van der Waals surface area contributed by atoms with Crippen molar-refractivity contribution in [2.75, 3.05) is 13.1 Å². The van der Waals surface area contributed by atoms with Gasteiger partial charge in [-0.05, 0) is 55.9 Å². The molecule has 1 N–H and O–H groups in total. The van der Waals surface area contributed by atoms with E-state index in [1.54, 1.807) is 16.4 Å². The predicted molar refractivity (Wildman–Crippen MR) is 109 cm³/mol. The van der Waals surface area contributed by atoms with Crippen LogP contribution in [0.3, 0.4) is 0 Å². The number of benzene rings is 1. The van der Waals surface area contributed by atoms with Crippen LogP contribution in [-0.2, 0) is 21.4 Å². The number of aromatic nitrogens is 1. The largest absolute Gasteiger partial charge is 0.352 e. The van der Waals surface area contributed by atoms with Crippen LogP contribution >= 0.6 is 0 Å². The van der Waals surface area contributed by atoms with Crippen molar-refractivity contribution in [3.8, 4) is 0 Å². The van der Waals surface area contributed by atoms with Gasteiger partial charge in [-0.2, -0.15) is 4.31 Å². The van der Waals surface area contributed by atoms with Crippen molar-refractivity contribution in [2.45, 2.75) is 62.9 Å². The lowest BCUT2D eigenvalue weighted by Crippen LogP contribution is -2.42. The molecule has 0 radical (unpaired) electrons. The van der Waals surface area contributed by atoms with Crippen LogP contribution in [0.25, 0.3) is 10.9 Å². The van der Waals surface area contributed by atoms with Gasteiger partial charge in [0.1, 0.15) is 6.54 Å². The van der Waals surface area contributed by atoms with E-state index in [1.165, 1.54) is 19.3 Å². The number of amides is 1. The number of nitrogens with one attached hydrogen (secondary N) is 1. The van der Waals surface area contributed by atoms with Gasteiger partial charge in [0.2, 0.25) is 15.9 Å². The summed E-state index contributed by atoms with van der Waals surface area (Å²) in [7, 11) is -3.42. The third-order valence-corrected chi connectivity index (χ3v) is 8.11. The molecule has 1 amide bonds. The Balaban J connectivity index is 1.49. The minimum Gasteiger partial charge on any atom is -0.352 e. The van der Waals surface area contributed by atoms with Gasteiger partial charge >= 0.3 is 0 Å². The van der Waals surface area contributed by atoms with Crippen molar-refractivity contribution in [2.24, 2.45) is 5.92 Å². The Kier molecular flexibility index (Phi) is 5.47. The second kappa shape index (κ2) is 7.87. The quantitative estimate of drug-likeness (QED) is 0.834. The van der Waals surface area contributed by atoms with Gasteiger partial charge in [0.25, 0.3) is 0 Å². The lowest BCUT2D eigenvalue weighted by atomic mass is 9.86. The smallest absolute Gasteiger partial charge is 0.243 e. The molecule has 1 aliphatic carbocycles. The van der Waals surface area contributed by atoms with Crippen molar-refractivity contribution in [3.05, 3.63) is 30.5 Å². The minimum absolute atomic E-state index is 0.0185. The molecule has 1 saturated carbocycles. The lowest BCUT2D eigenvalue weighted by molar-refractivity contribution is -0.122. The normalized spacial score (nSPS) is 23.9. The van der Waals surface area contributed by atoms with Crippen LogP contribution in [0, 0.1) is 5.92 Å². The molecular weight excluding hydrogens is 374 g/mol. The van der Waals surface area contributed by atoms with Gasteiger partial charge in [0, 0.05) is 36.2 Å². The summed E-state index contributed by atoms with van der Waals surface area (Å²) < 4.78 is 29.0. The van der Waals surface area contributed by atoms with E-state index in [0.717, 1.165) is 30.2 Å². The summed E-state index contributed by atoms with van der Waals surface area (Å²) in [5.41, 5.74) is 0.882. The highest BCUT2D eigenvalue weighted by Crippen LogP contribution is 2.26. The Morgan fingerprint density at radius 2 is 1.86 bits per heavy atom. The molecule has 1 aliphatic heterocycles. The second-order valence-electron chi connectivity index (χ2n) is 8.21. The number of fused-ring (bicyclic) bond motifs is 1. The SMILES string of the molecule is C[C@H]1CCCC[C@@H]1NC(=O)Cn1ccc2cc(S(=O)(=O)N3CCCC3)ccc21. The standard InChI is InChI=1S/C21H29N3O3S/c1-16-6-2-3-7-19(16)22-21(25)15-23-13-10-17-14-18(8-9-20(17)23)28(26,27)24-11-4-5-12-24/h8-10,13-14,16,19H,2-7,11-12,15H2,1H3,(H,22,25)/t16-,19-/m0/s1. The number of sulfonamides is 1.